The summed E-state index contributed by atoms with van der Waals surface area (Å²) in [6, 6.07) is 0. The number of piperidine rings is 1. The minimum Gasteiger partial charge on any atom is -0.470 e. The minimum atomic E-state index is -0.00965. The van der Waals surface area contributed by atoms with E-state index in [4.69, 9.17) is 4.74 Å². The van der Waals surface area contributed by atoms with Crippen molar-refractivity contribution in [3.05, 3.63) is 12.4 Å². The highest BCUT2D eigenvalue weighted by Crippen LogP contribution is 2.30. The maximum Gasteiger partial charge on any atom is 0.257 e. The predicted molar refractivity (Wildman–Crippen MR) is 101 cm³/mol. The Bertz CT molecular complexity index is 578. The van der Waals surface area contributed by atoms with E-state index >= 15 is 0 Å². The van der Waals surface area contributed by atoms with Crippen molar-refractivity contribution >= 4 is 23.5 Å². The number of carbonyl (C=O) groups is 1. The molecule has 1 aliphatic carbocycles. The van der Waals surface area contributed by atoms with Crippen LogP contribution in [0.15, 0.2) is 12.4 Å². The van der Waals surface area contributed by atoms with E-state index in [1.165, 1.54) is 25.7 Å². The normalized spacial score (nSPS) is 21.4. The first kappa shape index (κ1) is 18.3. The van der Waals surface area contributed by atoms with Crippen LogP contribution in [0.1, 0.15) is 38.5 Å². The summed E-state index contributed by atoms with van der Waals surface area (Å²) in [7, 11) is 3.85. The number of aromatic nitrogens is 2. The highest BCUT2D eigenvalue weighted by Gasteiger charge is 2.27. The van der Waals surface area contributed by atoms with Gasteiger partial charge in [-0.25, -0.2) is 9.97 Å². The number of thioether (sulfide) groups is 1. The van der Waals surface area contributed by atoms with Crippen molar-refractivity contribution in [1.29, 1.82) is 0 Å². The predicted octanol–water partition coefficient (Wildman–Crippen LogP) is 2.59. The van der Waals surface area contributed by atoms with Gasteiger partial charge in [-0.1, -0.05) is 12.8 Å². The number of rotatable bonds is 6. The molecule has 3 rings (SSSR count). The van der Waals surface area contributed by atoms with Crippen LogP contribution < -0.4 is 9.64 Å². The average molecular weight is 365 g/mol. The standard InChI is InChI=1S/C18H28N4O2S/c1-21(2)17-18(20-10-9-19-17)24-14-6-5-11-22(12-14)16(23)13-25-15-7-3-4-8-15/h9-10,14-15H,3-8,11-13H2,1-2H3. The van der Waals surface area contributed by atoms with E-state index in [1.54, 1.807) is 12.4 Å². The van der Waals surface area contributed by atoms with Crippen molar-refractivity contribution in [2.24, 2.45) is 0 Å². The third kappa shape index (κ3) is 5.00. The largest absolute Gasteiger partial charge is 0.470 e. The fourth-order valence-corrected chi connectivity index (χ4v) is 4.69. The zero-order valence-electron chi connectivity index (χ0n) is 15.2. The molecule has 2 aliphatic rings. The van der Waals surface area contributed by atoms with Crippen LogP contribution in [-0.2, 0) is 4.79 Å². The quantitative estimate of drug-likeness (QED) is 0.773. The second-order valence-corrected chi connectivity index (χ2v) is 8.31. The second-order valence-electron chi connectivity index (χ2n) is 7.02. The van der Waals surface area contributed by atoms with Gasteiger partial charge in [0.2, 0.25) is 5.91 Å². The summed E-state index contributed by atoms with van der Waals surface area (Å²) < 4.78 is 6.09. The molecule has 138 valence electrons. The minimum absolute atomic E-state index is 0.00965. The van der Waals surface area contributed by atoms with Crippen LogP contribution >= 0.6 is 11.8 Å². The molecule has 0 aromatic carbocycles. The molecular formula is C18H28N4O2S. The topological polar surface area (TPSA) is 58.6 Å². The van der Waals surface area contributed by atoms with Crippen LogP contribution in [0.4, 0.5) is 5.82 Å². The monoisotopic (exact) mass is 364 g/mol. The van der Waals surface area contributed by atoms with Crippen LogP contribution in [-0.4, -0.2) is 65.1 Å². The lowest BCUT2D eigenvalue weighted by molar-refractivity contribution is -0.130. The Morgan fingerprint density at radius 1 is 1.24 bits per heavy atom. The number of hydrogen-bond acceptors (Lipinski definition) is 6. The van der Waals surface area contributed by atoms with Gasteiger partial charge in [0.05, 0.1) is 12.3 Å². The lowest BCUT2D eigenvalue weighted by Crippen LogP contribution is -2.45. The fraction of sp³-hybridized carbons (Fsp3) is 0.722. The molecule has 1 saturated heterocycles. The molecule has 1 aliphatic heterocycles. The molecule has 0 N–H and O–H groups in total. The fourth-order valence-electron chi connectivity index (χ4n) is 3.46. The summed E-state index contributed by atoms with van der Waals surface area (Å²) in [5, 5.41) is 0.683. The van der Waals surface area contributed by atoms with Gasteiger partial charge in [0.25, 0.3) is 5.88 Å². The maximum absolute atomic E-state index is 12.5. The van der Waals surface area contributed by atoms with E-state index in [0.29, 0.717) is 23.4 Å². The van der Waals surface area contributed by atoms with Crippen LogP contribution in [0.3, 0.4) is 0 Å². The maximum atomic E-state index is 12.5. The molecular weight excluding hydrogens is 336 g/mol. The molecule has 6 nitrogen and oxygen atoms in total. The van der Waals surface area contributed by atoms with Gasteiger partial charge in [0.1, 0.15) is 6.10 Å². The summed E-state index contributed by atoms with van der Waals surface area (Å²) in [6.07, 6.45) is 10.4. The third-order valence-corrected chi connectivity index (χ3v) is 6.18. The van der Waals surface area contributed by atoms with Crippen molar-refractivity contribution in [2.75, 3.05) is 37.8 Å². The summed E-state index contributed by atoms with van der Waals surface area (Å²) >= 11 is 1.84. The Labute approximate surface area is 154 Å². The Hall–Kier alpha value is -1.50. The van der Waals surface area contributed by atoms with E-state index in [0.717, 1.165) is 25.2 Å². The Morgan fingerprint density at radius 3 is 2.76 bits per heavy atom. The molecule has 1 atom stereocenters. The Kier molecular flexibility index (Phi) is 6.39. The second kappa shape index (κ2) is 8.74. The van der Waals surface area contributed by atoms with E-state index in [-0.39, 0.29) is 12.0 Å². The van der Waals surface area contributed by atoms with E-state index < -0.39 is 0 Å². The number of amides is 1. The van der Waals surface area contributed by atoms with Gasteiger partial charge in [-0.05, 0) is 25.7 Å². The van der Waals surface area contributed by atoms with Crippen LogP contribution in [0.5, 0.6) is 5.88 Å². The van der Waals surface area contributed by atoms with E-state index in [9.17, 15) is 4.79 Å². The van der Waals surface area contributed by atoms with E-state index in [1.807, 2.05) is 35.7 Å². The van der Waals surface area contributed by atoms with Gasteiger partial charge >= 0.3 is 0 Å². The van der Waals surface area contributed by atoms with Crippen LogP contribution in [0, 0.1) is 0 Å². The summed E-state index contributed by atoms with van der Waals surface area (Å²) in [4.78, 5) is 25.0. The van der Waals surface area contributed by atoms with Crippen molar-refractivity contribution in [3.63, 3.8) is 0 Å². The highest BCUT2D eigenvalue weighted by atomic mass is 32.2. The number of carbonyl (C=O) groups excluding carboxylic acids is 1. The molecule has 2 heterocycles. The molecule has 1 amide bonds. The summed E-state index contributed by atoms with van der Waals surface area (Å²) in [6.45, 7) is 1.48. The molecule has 1 saturated carbocycles. The zero-order chi connectivity index (χ0) is 17.6. The van der Waals surface area contributed by atoms with Crippen molar-refractivity contribution in [3.8, 4) is 5.88 Å². The smallest absolute Gasteiger partial charge is 0.257 e. The Balaban J connectivity index is 1.53. The van der Waals surface area contributed by atoms with Crippen LogP contribution in [0.2, 0.25) is 0 Å². The number of hydrogen-bond donors (Lipinski definition) is 0. The van der Waals surface area contributed by atoms with Gasteiger partial charge in [-0.15, -0.1) is 11.8 Å². The molecule has 7 heteroatoms. The average Bonchev–Trinajstić information content (AvgIpc) is 3.14. The highest BCUT2D eigenvalue weighted by molar-refractivity contribution is 8.00. The van der Waals surface area contributed by atoms with Gasteiger partial charge in [0, 0.05) is 38.3 Å². The van der Waals surface area contributed by atoms with Crippen molar-refractivity contribution in [2.45, 2.75) is 49.9 Å². The molecule has 1 aromatic rings. The van der Waals surface area contributed by atoms with Gasteiger partial charge in [-0.3, -0.25) is 4.79 Å². The molecule has 2 fully saturated rings. The SMILES string of the molecule is CN(C)c1nccnc1OC1CCCN(C(=O)CSC2CCCC2)C1. The van der Waals surface area contributed by atoms with Gasteiger partial charge in [-0.2, -0.15) is 0 Å². The first-order valence-electron chi connectivity index (χ1n) is 9.18. The van der Waals surface area contributed by atoms with Crippen molar-refractivity contribution in [1.82, 2.24) is 14.9 Å². The Morgan fingerprint density at radius 2 is 2.00 bits per heavy atom. The zero-order valence-corrected chi connectivity index (χ0v) is 16.0. The molecule has 1 aromatic heterocycles. The molecule has 0 radical (unpaired) electrons. The summed E-state index contributed by atoms with van der Waals surface area (Å²) in [5.41, 5.74) is 0. The summed E-state index contributed by atoms with van der Waals surface area (Å²) in [5.74, 6) is 2.12. The lowest BCUT2D eigenvalue weighted by Gasteiger charge is -2.33. The number of ether oxygens (including phenoxy) is 1. The third-order valence-electron chi connectivity index (χ3n) is 4.82. The first-order valence-corrected chi connectivity index (χ1v) is 10.2. The lowest BCUT2D eigenvalue weighted by atomic mass is 10.1. The van der Waals surface area contributed by atoms with Crippen molar-refractivity contribution < 1.29 is 9.53 Å². The van der Waals surface area contributed by atoms with Crippen LogP contribution in [0.25, 0.3) is 0 Å². The number of anilines is 1. The molecule has 0 spiro atoms. The van der Waals surface area contributed by atoms with Gasteiger partial charge < -0.3 is 14.5 Å². The van der Waals surface area contributed by atoms with Gasteiger partial charge in [0.15, 0.2) is 5.82 Å². The van der Waals surface area contributed by atoms with E-state index in [2.05, 4.69) is 9.97 Å². The number of likely N-dealkylation sites (tertiary alicyclic amines) is 1. The molecule has 0 bridgehead atoms. The molecule has 25 heavy (non-hydrogen) atoms. The first-order chi connectivity index (χ1) is 12.1. The molecule has 1 unspecified atom stereocenters. The number of nitrogens with zero attached hydrogens (tertiary/aromatic N) is 4.